The van der Waals surface area contributed by atoms with Crippen molar-refractivity contribution in [1.82, 2.24) is 15.5 Å². The first-order chi connectivity index (χ1) is 12.5. The summed E-state index contributed by atoms with van der Waals surface area (Å²) in [6.45, 7) is 2.90. The fourth-order valence-electron chi connectivity index (χ4n) is 3.73. The van der Waals surface area contributed by atoms with E-state index in [1.165, 1.54) is 0 Å². The number of ether oxygens (including phenoxy) is 1. The van der Waals surface area contributed by atoms with Crippen molar-refractivity contribution >= 4 is 11.8 Å². The molecule has 6 heteroatoms. The highest BCUT2D eigenvalue weighted by Gasteiger charge is 2.37. The monoisotopic (exact) mass is 361 g/mol. The molecule has 4 unspecified atom stereocenters. The van der Waals surface area contributed by atoms with Gasteiger partial charge in [-0.3, -0.25) is 9.59 Å². The van der Waals surface area contributed by atoms with Crippen molar-refractivity contribution in [3.05, 3.63) is 35.9 Å². The molecule has 1 fully saturated rings. The van der Waals surface area contributed by atoms with Crippen LogP contribution in [0.5, 0.6) is 0 Å². The van der Waals surface area contributed by atoms with E-state index in [0.29, 0.717) is 6.42 Å². The van der Waals surface area contributed by atoms with Gasteiger partial charge in [-0.15, -0.1) is 0 Å². The van der Waals surface area contributed by atoms with Crippen LogP contribution in [0, 0.1) is 5.92 Å². The van der Waals surface area contributed by atoms with Gasteiger partial charge < -0.3 is 20.3 Å². The van der Waals surface area contributed by atoms with Gasteiger partial charge in [-0.2, -0.15) is 0 Å². The summed E-state index contributed by atoms with van der Waals surface area (Å²) in [5.41, 5.74) is 1.01. The van der Waals surface area contributed by atoms with Crippen molar-refractivity contribution in [2.24, 2.45) is 5.92 Å². The molecule has 1 aliphatic rings. The first-order valence-electron chi connectivity index (χ1n) is 9.26. The smallest absolute Gasteiger partial charge is 0.242 e. The van der Waals surface area contributed by atoms with Crippen LogP contribution in [0.2, 0.25) is 0 Å². The zero-order valence-corrected chi connectivity index (χ0v) is 16.2. The number of likely N-dealkylation sites (N-methyl/N-ethyl adjacent to an activating group) is 2. The number of nitrogens with zero attached hydrogens (tertiary/aromatic N) is 1. The van der Waals surface area contributed by atoms with Gasteiger partial charge in [0.2, 0.25) is 11.8 Å². The van der Waals surface area contributed by atoms with Gasteiger partial charge in [0.25, 0.3) is 0 Å². The molecule has 1 aromatic rings. The summed E-state index contributed by atoms with van der Waals surface area (Å²) in [5, 5.41) is 5.56. The predicted molar refractivity (Wildman–Crippen MR) is 102 cm³/mol. The van der Waals surface area contributed by atoms with Gasteiger partial charge in [-0.1, -0.05) is 37.3 Å². The average molecular weight is 361 g/mol. The lowest BCUT2D eigenvalue weighted by Gasteiger charge is -2.32. The summed E-state index contributed by atoms with van der Waals surface area (Å²) in [7, 11) is 5.30. The third-order valence-corrected chi connectivity index (χ3v) is 5.30. The number of carbonyl (C=O) groups is 2. The van der Waals surface area contributed by atoms with E-state index in [-0.39, 0.29) is 29.9 Å². The fraction of sp³-hybridized carbons (Fsp3) is 0.600. The molecule has 1 aromatic carbocycles. The number of rotatable bonds is 8. The van der Waals surface area contributed by atoms with E-state index < -0.39 is 6.04 Å². The van der Waals surface area contributed by atoms with E-state index in [1.54, 1.807) is 14.2 Å². The second-order valence-corrected chi connectivity index (χ2v) is 7.04. The molecule has 0 aliphatic carbocycles. The van der Waals surface area contributed by atoms with Crippen LogP contribution in [-0.2, 0) is 20.7 Å². The Hall–Kier alpha value is -1.92. The Balaban J connectivity index is 2.05. The first kappa shape index (κ1) is 20.4. The standard InChI is InChI=1S/C20H31N3O3/c1-14(18(26-4)17-11-8-12-23(17)3)19(24)22-16(20(25)21-2)13-15-9-6-5-7-10-15/h5-7,9-10,14,16-18H,8,11-13H2,1-4H3,(H,21,25)(H,22,24). The summed E-state index contributed by atoms with van der Waals surface area (Å²) in [6.07, 6.45) is 2.41. The fourth-order valence-corrected chi connectivity index (χ4v) is 3.73. The Kier molecular flexibility index (Phi) is 7.60. The zero-order valence-electron chi connectivity index (χ0n) is 16.2. The van der Waals surface area contributed by atoms with Crippen molar-refractivity contribution in [2.75, 3.05) is 27.7 Å². The number of carbonyl (C=O) groups excluding carboxylic acids is 2. The van der Waals surface area contributed by atoms with E-state index in [9.17, 15) is 9.59 Å². The maximum atomic E-state index is 12.8. The highest BCUT2D eigenvalue weighted by atomic mass is 16.5. The van der Waals surface area contributed by atoms with Gasteiger partial charge in [0.15, 0.2) is 0 Å². The molecular formula is C20H31N3O3. The predicted octanol–water partition coefficient (Wildman–Crippen LogP) is 1.21. The third-order valence-electron chi connectivity index (χ3n) is 5.30. The summed E-state index contributed by atoms with van der Waals surface area (Å²) in [6, 6.07) is 9.33. The molecule has 0 bridgehead atoms. The number of hydrogen-bond donors (Lipinski definition) is 2. The lowest BCUT2D eigenvalue weighted by Crippen LogP contribution is -2.52. The minimum atomic E-state index is -0.601. The van der Waals surface area contributed by atoms with Crippen LogP contribution in [0.25, 0.3) is 0 Å². The second-order valence-electron chi connectivity index (χ2n) is 7.04. The first-order valence-corrected chi connectivity index (χ1v) is 9.26. The quantitative estimate of drug-likeness (QED) is 0.730. The Morgan fingerprint density at radius 2 is 1.96 bits per heavy atom. The van der Waals surface area contributed by atoms with E-state index in [2.05, 4.69) is 22.6 Å². The van der Waals surface area contributed by atoms with Crippen LogP contribution in [-0.4, -0.2) is 62.7 Å². The largest absolute Gasteiger partial charge is 0.379 e. The molecule has 0 spiro atoms. The number of amides is 2. The Morgan fingerprint density at radius 1 is 1.27 bits per heavy atom. The number of benzene rings is 1. The summed E-state index contributed by atoms with van der Waals surface area (Å²) >= 11 is 0. The van der Waals surface area contributed by atoms with E-state index in [4.69, 9.17) is 4.74 Å². The van der Waals surface area contributed by atoms with Crippen molar-refractivity contribution in [1.29, 1.82) is 0 Å². The molecule has 1 aliphatic heterocycles. The van der Waals surface area contributed by atoms with Crippen molar-refractivity contribution in [3.8, 4) is 0 Å². The van der Waals surface area contributed by atoms with E-state index >= 15 is 0 Å². The molecule has 4 atom stereocenters. The minimum absolute atomic E-state index is 0.151. The second kappa shape index (κ2) is 9.69. The molecule has 0 aromatic heterocycles. The number of methoxy groups -OCH3 is 1. The van der Waals surface area contributed by atoms with Gasteiger partial charge in [-0.25, -0.2) is 0 Å². The minimum Gasteiger partial charge on any atom is -0.379 e. The van der Waals surface area contributed by atoms with E-state index in [1.807, 2.05) is 37.3 Å². The molecule has 2 amide bonds. The molecule has 1 saturated heterocycles. The van der Waals surface area contributed by atoms with Gasteiger partial charge in [0.05, 0.1) is 12.0 Å². The number of hydrogen-bond acceptors (Lipinski definition) is 4. The molecular weight excluding hydrogens is 330 g/mol. The average Bonchev–Trinajstić information content (AvgIpc) is 3.07. The van der Waals surface area contributed by atoms with Crippen molar-refractivity contribution < 1.29 is 14.3 Å². The number of nitrogens with one attached hydrogen (secondary N) is 2. The SMILES string of the molecule is CNC(=O)C(Cc1ccccc1)NC(=O)C(C)C(OC)C1CCCN1C. The van der Waals surface area contributed by atoms with Crippen LogP contribution in [0.3, 0.4) is 0 Å². The molecule has 2 rings (SSSR count). The van der Waals surface area contributed by atoms with Gasteiger partial charge >= 0.3 is 0 Å². The highest BCUT2D eigenvalue weighted by Crippen LogP contribution is 2.24. The van der Waals surface area contributed by atoms with Crippen LogP contribution in [0.1, 0.15) is 25.3 Å². The zero-order chi connectivity index (χ0) is 19.1. The highest BCUT2D eigenvalue weighted by molar-refractivity contribution is 5.88. The molecule has 6 nitrogen and oxygen atoms in total. The summed E-state index contributed by atoms with van der Waals surface area (Å²) in [4.78, 5) is 27.3. The van der Waals surface area contributed by atoms with Crippen LogP contribution >= 0.6 is 0 Å². The van der Waals surface area contributed by atoms with Crippen LogP contribution < -0.4 is 10.6 Å². The molecule has 0 saturated carbocycles. The molecule has 1 heterocycles. The topological polar surface area (TPSA) is 70.7 Å². The van der Waals surface area contributed by atoms with Gasteiger partial charge in [0.1, 0.15) is 6.04 Å². The lowest BCUT2D eigenvalue weighted by molar-refractivity contribution is -0.134. The Morgan fingerprint density at radius 3 is 2.50 bits per heavy atom. The summed E-state index contributed by atoms with van der Waals surface area (Å²) in [5.74, 6) is -0.684. The molecule has 0 radical (unpaired) electrons. The Bertz CT molecular complexity index is 593. The van der Waals surface area contributed by atoms with Gasteiger partial charge in [-0.05, 0) is 32.0 Å². The molecule has 144 valence electrons. The summed E-state index contributed by atoms with van der Waals surface area (Å²) < 4.78 is 5.67. The van der Waals surface area contributed by atoms with Crippen LogP contribution in [0.4, 0.5) is 0 Å². The van der Waals surface area contributed by atoms with Crippen molar-refractivity contribution in [3.63, 3.8) is 0 Å². The maximum Gasteiger partial charge on any atom is 0.242 e. The van der Waals surface area contributed by atoms with E-state index in [0.717, 1.165) is 24.9 Å². The lowest BCUT2D eigenvalue weighted by atomic mass is 9.94. The maximum absolute atomic E-state index is 12.8. The molecule has 26 heavy (non-hydrogen) atoms. The Labute approximate surface area is 156 Å². The normalized spacial score (nSPS) is 21.0. The van der Waals surface area contributed by atoms with Crippen molar-refractivity contribution in [2.45, 2.75) is 44.4 Å². The van der Waals surface area contributed by atoms with Crippen LogP contribution in [0.15, 0.2) is 30.3 Å². The van der Waals surface area contributed by atoms with Gasteiger partial charge in [0, 0.05) is 26.6 Å². The third kappa shape index (κ3) is 5.05. The molecule has 2 N–H and O–H groups in total. The number of likely N-dealkylation sites (tertiary alicyclic amines) is 1.